The van der Waals surface area contributed by atoms with Crippen LogP contribution in [0.15, 0.2) is 55.0 Å². The molecule has 0 bridgehead atoms. The predicted octanol–water partition coefficient (Wildman–Crippen LogP) is 2.24. The lowest BCUT2D eigenvalue weighted by molar-refractivity contribution is 0.100. The van der Waals surface area contributed by atoms with Crippen LogP contribution in [0.2, 0.25) is 0 Å². The molecule has 3 N–H and O–H groups in total. The number of carbonyl (C=O) groups is 1. The maximum atomic E-state index is 11.5. The number of H-pyrrole nitrogens is 1. The van der Waals surface area contributed by atoms with Crippen molar-refractivity contribution in [2.24, 2.45) is 5.73 Å². The Labute approximate surface area is 115 Å². The quantitative estimate of drug-likeness (QED) is 0.760. The molecule has 5 nitrogen and oxygen atoms in total. The number of hydrogen-bond donors (Lipinski definition) is 2. The lowest BCUT2D eigenvalue weighted by Gasteiger charge is -2.07. The Bertz CT molecular complexity index is 749. The Morgan fingerprint density at radius 2 is 1.85 bits per heavy atom. The minimum atomic E-state index is -0.512. The monoisotopic (exact) mass is 264 g/mol. The van der Waals surface area contributed by atoms with E-state index in [4.69, 9.17) is 5.73 Å². The number of aromatic amines is 1. The summed E-state index contributed by atoms with van der Waals surface area (Å²) in [6.45, 7) is 0. The summed E-state index contributed by atoms with van der Waals surface area (Å²) in [5, 5.41) is 7.01. The zero-order chi connectivity index (χ0) is 13.9. The van der Waals surface area contributed by atoms with E-state index in [0.29, 0.717) is 11.1 Å². The van der Waals surface area contributed by atoms with E-state index >= 15 is 0 Å². The molecule has 1 aromatic carbocycles. The molecule has 2 heterocycles. The van der Waals surface area contributed by atoms with Crippen molar-refractivity contribution >= 4 is 5.91 Å². The first-order chi connectivity index (χ1) is 9.77. The van der Waals surface area contributed by atoms with Gasteiger partial charge in [0, 0.05) is 23.5 Å². The smallest absolute Gasteiger partial charge is 0.250 e. The van der Waals surface area contributed by atoms with Gasteiger partial charge in [0.15, 0.2) is 0 Å². The van der Waals surface area contributed by atoms with E-state index in [9.17, 15) is 4.79 Å². The first-order valence-electron chi connectivity index (χ1n) is 6.10. The molecule has 0 aliphatic carbocycles. The number of nitrogens with one attached hydrogen (secondary N) is 1. The molecule has 0 radical (unpaired) electrons. The predicted molar refractivity (Wildman–Crippen MR) is 75.8 cm³/mol. The van der Waals surface area contributed by atoms with Crippen LogP contribution in [0.1, 0.15) is 10.4 Å². The van der Waals surface area contributed by atoms with Crippen LogP contribution in [0.4, 0.5) is 0 Å². The number of amides is 1. The van der Waals surface area contributed by atoms with Gasteiger partial charge in [-0.15, -0.1) is 0 Å². The summed E-state index contributed by atoms with van der Waals surface area (Å²) in [7, 11) is 0. The summed E-state index contributed by atoms with van der Waals surface area (Å²) in [6.07, 6.45) is 4.82. The molecule has 0 unspecified atom stereocenters. The number of nitrogens with zero attached hydrogens (tertiary/aromatic N) is 2. The van der Waals surface area contributed by atoms with Gasteiger partial charge in [0.1, 0.15) is 0 Å². The van der Waals surface area contributed by atoms with Crippen LogP contribution in [-0.2, 0) is 0 Å². The number of pyridine rings is 1. The van der Waals surface area contributed by atoms with Crippen LogP contribution in [0.3, 0.4) is 0 Å². The van der Waals surface area contributed by atoms with Gasteiger partial charge < -0.3 is 5.73 Å². The van der Waals surface area contributed by atoms with Gasteiger partial charge in [-0.25, -0.2) is 0 Å². The number of hydrogen-bond acceptors (Lipinski definition) is 3. The first-order valence-corrected chi connectivity index (χ1v) is 6.10. The van der Waals surface area contributed by atoms with Crippen molar-refractivity contribution in [2.45, 2.75) is 0 Å². The molecule has 0 aliphatic heterocycles. The van der Waals surface area contributed by atoms with Gasteiger partial charge in [-0.1, -0.05) is 30.3 Å². The Kier molecular flexibility index (Phi) is 3.01. The van der Waals surface area contributed by atoms with Gasteiger partial charge in [-0.05, 0) is 11.6 Å². The summed E-state index contributed by atoms with van der Waals surface area (Å²) < 4.78 is 0. The average Bonchev–Trinajstić information content (AvgIpc) is 2.97. The van der Waals surface area contributed by atoms with Crippen LogP contribution in [-0.4, -0.2) is 21.1 Å². The Balaban J connectivity index is 2.18. The van der Waals surface area contributed by atoms with Crippen molar-refractivity contribution in [3.05, 3.63) is 60.6 Å². The first kappa shape index (κ1) is 12.1. The molecule has 0 atom stereocenters. The molecule has 20 heavy (non-hydrogen) atoms. The molecule has 0 saturated carbocycles. The topological polar surface area (TPSA) is 84.7 Å². The van der Waals surface area contributed by atoms with E-state index in [-0.39, 0.29) is 0 Å². The van der Waals surface area contributed by atoms with Gasteiger partial charge in [0.2, 0.25) is 0 Å². The second-order valence-electron chi connectivity index (χ2n) is 4.31. The van der Waals surface area contributed by atoms with E-state index in [2.05, 4.69) is 15.2 Å². The highest BCUT2D eigenvalue weighted by Crippen LogP contribution is 2.31. The fourth-order valence-electron chi connectivity index (χ4n) is 2.14. The third kappa shape index (κ3) is 2.05. The Morgan fingerprint density at radius 3 is 2.60 bits per heavy atom. The van der Waals surface area contributed by atoms with E-state index in [1.807, 2.05) is 30.3 Å². The van der Waals surface area contributed by atoms with E-state index in [1.54, 1.807) is 18.5 Å². The summed E-state index contributed by atoms with van der Waals surface area (Å²) in [5.41, 5.74) is 9.15. The van der Waals surface area contributed by atoms with Gasteiger partial charge in [-0.2, -0.15) is 5.10 Å². The molecule has 5 heteroatoms. The molecule has 2 aromatic heterocycles. The van der Waals surface area contributed by atoms with Gasteiger partial charge in [0.25, 0.3) is 5.91 Å². The summed E-state index contributed by atoms with van der Waals surface area (Å²) in [4.78, 5) is 15.5. The van der Waals surface area contributed by atoms with Crippen LogP contribution in [0.25, 0.3) is 22.4 Å². The number of primary amides is 1. The zero-order valence-electron chi connectivity index (χ0n) is 10.6. The molecule has 98 valence electrons. The largest absolute Gasteiger partial charge is 0.366 e. The highest BCUT2D eigenvalue weighted by Gasteiger charge is 2.15. The lowest BCUT2D eigenvalue weighted by atomic mass is 9.99. The van der Waals surface area contributed by atoms with Crippen LogP contribution in [0.5, 0.6) is 0 Å². The third-order valence-corrected chi connectivity index (χ3v) is 3.08. The molecule has 0 fully saturated rings. The second kappa shape index (κ2) is 4.97. The van der Waals surface area contributed by atoms with Crippen LogP contribution >= 0.6 is 0 Å². The van der Waals surface area contributed by atoms with Crippen molar-refractivity contribution in [1.29, 1.82) is 0 Å². The number of benzene rings is 1. The van der Waals surface area contributed by atoms with Crippen LogP contribution in [0, 0.1) is 0 Å². The molecule has 0 spiro atoms. The SMILES string of the molecule is NC(=O)c1cnccc1-c1[nH]ncc1-c1ccccc1. The Morgan fingerprint density at radius 1 is 1.05 bits per heavy atom. The third-order valence-electron chi connectivity index (χ3n) is 3.08. The highest BCUT2D eigenvalue weighted by molar-refractivity contribution is 6.00. The second-order valence-corrected chi connectivity index (χ2v) is 4.31. The lowest BCUT2D eigenvalue weighted by Crippen LogP contribution is -2.12. The molecule has 0 aliphatic rings. The number of aromatic nitrogens is 3. The van der Waals surface area contributed by atoms with Gasteiger partial charge in [-0.3, -0.25) is 14.9 Å². The van der Waals surface area contributed by atoms with Gasteiger partial charge in [0.05, 0.1) is 17.5 Å². The van der Waals surface area contributed by atoms with Crippen molar-refractivity contribution in [3.8, 4) is 22.4 Å². The number of rotatable bonds is 3. The molecule has 0 saturated heterocycles. The standard InChI is InChI=1S/C15H12N4O/c16-15(20)13-8-17-7-6-11(13)14-12(9-18-19-14)10-4-2-1-3-5-10/h1-9H,(H2,16,20)(H,18,19). The summed E-state index contributed by atoms with van der Waals surface area (Å²) in [6, 6.07) is 11.6. The van der Waals surface area contributed by atoms with Crippen LogP contribution < -0.4 is 5.73 Å². The average molecular weight is 264 g/mol. The Hall–Kier alpha value is -2.95. The van der Waals surface area contributed by atoms with E-state index in [0.717, 1.165) is 16.8 Å². The molecule has 3 rings (SSSR count). The van der Waals surface area contributed by atoms with Crippen molar-refractivity contribution in [3.63, 3.8) is 0 Å². The molecule has 3 aromatic rings. The summed E-state index contributed by atoms with van der Waals surface area (Å²) in [5.74, 6) is -0.512. The minimum Gasteiger partial charge on any atom is -0.366 e. The fourth-order valence-corrected chi connectivity index (χ4v) is 2.14. The van der Waals surface area contributed by atoms with Crippen molar-refractivity contribution in [1.82, 2.24) is 15.2 Å². The molecular weight excluding hydrogens is 252 g/mol. The maximum absolute atomic E-state index is 11.5. The van der Waals surface area contributed by atoms with E-state index < -0.39 is 5.91 Å². The summed E-state index contributed by atoms with van der Waals surface area (Å²) >= 11 is 0. The highest BCUT2D eigenvalue weighted by atomic mass is 16.1. The molecular formula is C15H12N4O. The fraction of sp³-hybridized carbons (Fsp3) is 0. The number of carbonyl (C=O) groups excluding carboxylic acids is 1. The zero-order valence-corrected chi connectivity index (χ0v) is 10.6. The van der Waals surface area contributed by atoms with Gasteiger partial charge >= 0.3 is 0 Å². The van der Waals surface area contributed by atoms with Crippen molar-refractivity contribution < 1.29 is 4.79 Å². The maximum Gasteiger partial charge on any atom is 0.250 e. The van der Waals surface area contributed by atoms with E-state index in [1.165, 1.54) is 6.20 Å². The molecule has 1 amide bonds. The minimum absolute atomic E-state index is 0.369. The van der Waals surface area contributed by atoms with Crippen molar-refractivity contribution in [2.75, 3.05) is 0 Å². The number of nitrogens with two attached hydrogens (primary N) is 1. The normalized spacial score (nSPS) is 10.4.